The first kappa shape index (κ1) is 30.1. The normalized spacial score (nSPS) is 23.5. The molecule has 2 heterocycles. The number of hydrogen-bond acceptors (Lipinski definition) is 11. The summed E-state index contributed by atoms with van der Waals surface area (Å²) < 4.78 is 32.9. The van der Waals surface area contributed by atoms with Crippen molar-refractivity contribution in [1.82, 2.24) is 10.3 Å². The highest BCUT2D eigenvalue weighted by atomic mass is 16.7. The summed E-state index contributed by atoms with van der Waals surface area (Å²) in [4.78, 5) is 54.0. The van der Waals surface area contributed by atoms with Gasteiger partial charge in [-0.3, -0.25) is 14.4 Å². The van der Waals surface area contributed by atoms with Gasteiger partial charge in [-0.05, 0) is 32.1 Å². The van der Waals surface area contributed by atoms with E-state index in [9.17, 15) is 19.2 Å². The maximum atomic E-state index is 13.2. The van der Waals surface area contributed by atoms with Gasteiger partial charge >= 0.3 is 17.9 Å². The van der Waals surface area contributed by atoms with Crippen LogP contribution in [-0.4, -0.2) is 74.2 Å². The Morgan fingerprint density at radius 1 is 1.21 bits per heavy atom. The molecule has 2 aliphatic rings. The van der Waals surface area contributed by atoms with E-state index >= 15 is 0 Å². The molecule has 1 saturated heterocycles. The van der Waals surface area contributed by atoms with Crippen LogP contribution in [0.5, 0.6) is 11.5 Å². The third kappa shape index (κ3) is 8.81. The predicted octanol–water partition coefficient (Wildman–Crippen LogP) is 2.42. The number of hydrogen-bond donors (Lipinski definition) is 1. The van der Waals surface area contributed by atoms with Crippen molar-refractivity contribution in [2.45, 2.75) is 71.6 Å². The Hall–Kier alpha value is -3.41. The van der Waals surface area contributed by atoms with E-state index in [4.69, 9.17) is 28.4 Å². The molecule has 4 atom stereocenters. The summed E-state index contributed by atoms with van der Waals surface area (Å²) in [6.07, 6.45) is 3.11. The van der Waals surface area contributed by atoms with E-state index in [0.29, 0.717) is 5.92 Å². The summed E-state index contributed by atoms with van der Waals surface area (Å²) in [5.41, 5.74) is -0.187. The van der Waals surface area contributed by atoms with Crippen LogP contribution in [0.2, 0.25) is 0 Å². The van der Waals surface area contributed by atoms with Crippen molar-refractivity contribution in [3.63, 3.8) is 0 Å². The number of methoxy groups -OCH3 is 1. The van der Waals surface area contributed by atoms with Gasteiger partial charge in [0.05, 0.1) is 26.2 Å². The first-order chi connectivity index (χ1) is 18.6. The summed E-state index contributed by atoms with van der Waals surface area (Å²) in [6, 6.07) is 0.303. The molecule has 1 aromatic heterocycles. The van der Waals surface area contributed by atoms with Gasteiger partial charge in [-0.1, -0.05) is 20.3 Å². The number of ether oxygens (including phenoxy) is 6. The molecule has 0 bridgehead atoms. The molecule has 39 heavy (non-hydrogen) atoms. The molecule has 1 aliphatic heterocycles. The summed E-state index contributed by atoms with van der Waals surface area (Å²) in [5.74, 6) is -2.10. The van der Waals surface area contributed by atoms with Gasteiger partial charge < -0.3 is 33.7 Å². The minimum Gasteiger partial charge on any atom is -0.493 e. The SMILES string of the molecule is COc1ccnc(C(=O)N[C@H]2COC[C@H](CCC(C)C)[C@@H](OC(=O)C3CC3)[C@H](C)OC2=O)c1OCOC(C)=O. The number of rotatable bonds is 11. The highest BCUT2D eigenvalue weighted by Gasteiger charge is 2.40. The van der Waals surface area contributed by atoms with E-state index < -0.39 is 42.9 Å². The summed E-state index contributed by atoms with van der Waals surface area (Å²) in [7, 11) is 1.38. The molecular weight excluding hydrogens is 512 g/mol. The number of pyridine rings is 1. The summed E-state index contributed by atoms with van der Waals surface area (Å²) in [6.45, 7) is 6.69. The van der Waals surface area contributed by atoms with Crippen LogP contribution >= 0.6 is 0 Å². The first-order valence-corrected chi connectivity index (χ1v) is 13.2. The third-order valence-corrected chi connectivity index (χ3v) is 6.48. The van der Waals surface area contributed by atoms with Gasteiger partial charge in [0.25, 0.3) is 5.91 Å². The highest BCUT2D eigenvalue weighted by molar-refractivity contribution is 5.98. The Morgan fingerprint density at radius 3 is 2.59 bits per heavy atom. The number of cyclic esters (lactones) is 1. The van der Waals surface area contributed by atoms with Crippen LogP contribution in [0.1, 0.15) is 63.9 Å². The van der Waals surface area contributed by atoms with Crippen molar-refractivity contribution in [2.24, 2.45) is 17.8 Å². The van der Waals surface area contributed by atoms with Crippen LogP contribution in [0.4, 0.5) is 0 Å². The lowest BCUT2D eigenvalue weighted by Crippen LogP contribution is -2.46. The lowest BCUT2D eigenvalue weighted by Gasteiger charge is -2.30. The van der Waals surface area contributed by atoms with Crippen LogP contribution in [-0.2, 0) is 33.3 Å². The zero-order valence-corrected chi connectivity index (χ0v) is 23.1. The van der Waals surface area contributed by atoms with Crippen molar-refractivity contribution in [3.05, 3.63) is 18.0 Å². The van der Waals surface area contributed by atoms with Crippen LogP contribution in [0, 0.1) is 17.8 Å². The van der Waals surface area contributed by atoms with Crippen molar-refractivity contribution in [1.29, 1.82) is 0 Å². The van der Waals surface area contributed by atoms with Crippen molar-refractivity contribution < 1.29 is 47.6 Å². The molecule has 12 nitrogen and oxygen atoms in total. The van der Waals surface area contributed by atoms with Gasteiger partial charge in [-0.2, -0.15) is 0 Å². The maximum Gasteiger partial charge on any atom is 0.331 e. The fourth-order valence-electron chi connectivity index (χ4n) is 4.14. The number of aromatic nitrogens is 1. The number of esters is 3. The molecule has 0 aromatic carbocycles. The largest absolute Gasteiger partial charge is 0.493 e. The first-order valence-electron chi connectivity index (χ1n) is 13.2. The topological polar surface area (TPSA) is 149 Å². The summed E-state index contributed by atoms with van der Waals surface area (Å²) >= 11 is 0. The van der Waals surface area contributed by atoms with Crippen molar-refractivity contribution in [3.8, 4) is 11.5 Å². The second-order valence-electron chi connectivity index (χ2n) is 10.2. The molecule has 3 rings (SSSR count). The van der Waals surface area contributed by atoms with Gasteiger partial charge in [0.15, 0.2) is 23.2 Å². The Balaban J connectivity index is 1.76. The van der Waals surface area contributed by atoms with E-state index in [0.717, 1.165) is 25.7 Å². The molecule has 12 heteroatoms. The zero-order chi connectivity index (χ0) is 28.5. The molecule has 2 fully saturated rings. The molecule has 0 unspecified atom stereocenters. The molecule has 1 amide bonds. The summed E-state index contributed by atoms with van der Waals surface area (Å²) in [5, 5.41) is 2.59. The quantitative estimate of drug-likeness (QED) is 0.246. The average molecular weight is 551 g/mol. The molecule has 0 spiro atoms. The molecule has 0 radical (unpaired) electrons. The average Bonchev–Trinajstić information content (AvgIpc) is 3.73. The number of amides is 1. The highest BCUT2D eigenvalue weighted by Crippen LogP contribution is 2.33. The van der Waals surface area contributed by atoms with E-state index in [1.807, 2.05) is 0 Å². The zero-order valence-electron chi connectivity index (χ0n) is 23.1. The van der Waals surface area contributed by atoms with Gasteiger partial charge in [0.2, 0.25) is 6.79 Å². The fraction of sp³-hybridized carbons (Fsp3) is 0.667. The minimum absolute atomic E-state index is 0.0646. The lowest BCUT2D eigenvalue weighted by atomic mass is 9.91. The number of carbonyl (C=O) groups excluding carboxylic acids is 4. The van der Waals surface area contributed by atoms with E-state index in [2.05, 4.69) is 24.1 Å². The van der Waals surface area contributed by atoms with Crippen LogP contribution < -0.4 is 14.8 Å². The Morgan fingerprint density at radius 2 is 1.95 bits per heavy atom. The Kier molecular flexibility index (Phi) is 10.9. The van der Waals surface area contributed by atoms with Gasteiger partial charge in [-0.15, -0.1) is 0 Å². The molecule has 216 valence electrons. The van der Waals surface area contributed by atoms with Gasteiger partial charge in [0, 0.05) is 25.1 Å². The molecule has 1 N–H and O–H groups in total. The molecular formula is C27H38N2O10. The third-order valence-electron chi connectivity index (χ3n) is 6.48. The van der Waals surface area contributed by atoms with Crippen LogP contribution in [0.15, 0.2) is 12.3 Å². The molecule has 1 saturated carbocycles. The van der Waals surface area contributed by atoms with Crippen LogP contribution in [0.25, 0.3) is 0 Å². The monoisotopic (exact) mass is 550 g/mol. The predicted molar refractivity (Wildman–Crippen MR) is 136 cm³/mol. The second kappa shape index (κ2) is 14.1. The van der Waals surface area contributed by atoms with E-state index in [1.54, 1.807) is 6.92 Å². The fourth-order valence-corrected chi connectivity index (χ4v) is 4.14. The van der Waals surface area contributed by atoms with Crippen molar-refractivity contribution >= 4 is 23.8 Å². The van der Waals surface area contributed by atoms with E-state index in [1.165, 1.54) is 26.3 Å². The Bertz CT molecular complexity index is 1030. The number of carbonyl (C=O) groups is 4. The van der Waals surface area contributed by atoms with E-state index in [-0.39, 0.29) is 48.2 Å². The second-order valence-corrected chi connectivity index (χ2v) is 10.2. The molecule has 1 aromatic rings. The number of nitrogens with one attached hydrogen (secondary N) is 1. The van der Waals surface area contributed by atoms with Crippen molar-refractivity contribution in [2.75, 3.05) is 27.1 Å². The maximum absolute atomic E-state index is 13.2. The standard InChI is InChI=1S/C27H38N2O10/c1-15(2)6-7-19-12-35-13-20(27(33)38-16(3)23(19)39-26(32)18-8-9-18)29-25(31)22-24(37-14-36-17(4)30)21(34-5)10-11-28-22/h10-11,15-16,18-20,23H,6-9,12-14H2,1-5H3,(H,29,31)/t16-,19-,20-,23-/m0/s1. The smallest absolute Gasteiger partial charge is 0.331 e. The minimum atomic E-state index is -1.17. The lowest BCUT2D eigenvalue weighted by molar-refractivity contribution is -0.172. The van der Waals surface area contributed by atoms with Crippen LogP contribution in [0.3, 0.4) is 0 Å². The van der Waals surface area contributed by atoms with Gasteiger partial charge in [0.1, 0.15) is 12.2 Å². The molecule has 1 aliphatic carbocycles. The Labute approximate surface area is 228 Å². The number of nitrogens with zero attached hydrogens (tertiary/aromatic N) is 1. The van der Waals surface area contributed by atoms with Gasteiger partial charge in [-0.25, -0.2) is 9.78 Å².